The summed E-state index contributed by atoms with van der Waals surface area (Å²) in [7, 11) is 0. The predicted molar refractivity (Wildman–Crippen MR) is 95.8 cm³/mol. The molecule has 3 heterocycles. The van der Waals surface area contributed by atoms with Crippen LogP contribution in [-0.2, 0) is 28.5 Å². The third-order valence-electron chi connectivity index (χ3n) is 5.71. The van der Waals surface area contributed by atoms with Gasteiger partial charge in [0.05, 0.1) is 13.2 Å². The molecule has 3 rings (SSSR count). The molecule has 14 unspecified atom stereocenters. The van der Waals surface area contributed by atoms with Gasteiger partial charge >= 0.3 is 5.97 Å². The fourth-order valence-corrected chi connectivity index (χ4v) is 3.81. The van der Waals surface area contributed by atoms with Gasteiger partial charge in [0.25, 0.3) is 0 Å². The first-order valence-electron chi connectivity index (χ1n) is 10.00. The molecule has 3 fully saturated rings. The van der Waals surface area contributed by atoms with Gasteiger partial charge in [0.15, 0.2) is 25.0 Å². The van der Waals surface area contributed by atoms with Crippen molar-refractivity contribution in [2.24, 2.45) is 0 Å². The van der Waals surface area contributed by atoms with E-state index < -0.39 is 105 Å². The molecule has 0 spiro atoms. The quantitative estimate of drug-likeness (QED) is 0.159. The summed E-state index contributed by atoms with van der Waals surface area (Å²) in [6.07, 6.45) is -24.9. The number of carboxylic acids is 1. The summed E-state index contributed by atoms with van der Waals surface area (Å²) < 4.78 is 26.0. The summed E-state index contributed by atoms with van der Waals surface area (Å²) >= 11 is 0. The first kappa shape index (κ1) is 26.5. The number of carbonyl (C=O) groups is 1. The minimum Gasteiger partial charge on any atom is -0.479 e. The van der Waals surface area contributed by atoms with E-state index in [1.165, 1.54) is 0 Å². The molecule has 0 bridgehead atoms. The Morgan fingerprint density at radius 1 is 0.636 bits per heavy atom. The molecule has 16 heteroatoms. The molecule has 0 amide bonds. The Bertz CT molecular complexity index is 663. The average molecular weight is 488 g/mol. The number of rotatable bonds is 7. The first-order valence-corrected chi connectivity index (χ1v) is 10.00. The van der Waals surface area contributed by atoms with Crippen LogP contribution in [0.1, 0.15) is 0 Å². The van der Waals surface area contributed by atoms with Gasteiger partial charge in [-0.15, -0.1) is 0 Å². The molecule has 16 nitrogen and oxygen atoms in total. The maximum Gasteiger partial charge on any atom is 0.335 e. The Morgan fingerprint density at radius 3 is 1.58 bits per heavy atom. The van der Waals surface area contributed by atoms with Gasteiger partial charge in [0.1, 0.15) is 61.0 Å². The summed E-state index contributed by atoms with van der Waals surface area (Å²) in [5, 5.41) is 98.5. The number of hydrogen-bond donors (Lipinski definition) is 10. The van der Waals surface area contributed by atoms with Crippen molar-refractivity contribution < 1.29 is 79.5 Å². The van der Waals surface area contributed by atoms with Crippen LogP contribution < -0.4 is 0 Å². The molecule has 0 aromatic rings. The summed E-state index contributed by atoms with van der Waals surface area (Å²) in [4.78, 5) is 11.4. The lowest BCUT2D eigenvalue weighted by Crippen LogP contribution is -2.65. The standard InChI is InChI=1S/C17H28O16/c18-1-3-5(20)7(22)9(24)17(29-3)33-13-11(10(25)12(14(26)27)31-15(13)28)32-16-8(23)6(21)4(2-19)30-16/h3-13,15-25,28H,1-2H2,(H,26,27). The Kier molecular flexibility index (Phi) is 8.57. The highest BCUT2D eigenvalue weighted by Crippen LogP contribution is 2.33. The monoisotopic (exact) mass is 488 g/mol. The summed E-state index contributed by atoms with van der Waals surface area (Å²) in [5.74, 6) is -1.69. The molecule has 33 heavy (non-hydrogen) atoms. The zero-order valence-corrected chi connectivity index (χ0v) is 16.9. The van der Waals surface area contributed by atoms with E-state index in [1.807, 2.05) is 0 Å². The van der Waals surface area contributed by atoms with Crippen LogP contribution in [0, 0.1) is 0 Å². The molecule has 0 aromatic heterocycles. The molecular formula is C17H28O16. The molecule has 0 saturated carbocycles. The first-order chi connectivity index (χ1) is 15.5. The van der Waals surface area contributed by atoms with E-state index in [-0.39, 0.29) is 0 Å². The van der Waals surface area contributed by atoms with Crippen LogP contribution in [0.3, 0.4) is 0 Å². The van der Waals surface area contributed by atoms with E-state index >= 15 is 0 Å². The van der Waals surface area contributed by atoms with Crippen LogP contribution in [0.15, 0.2) is 0 Å². The van der Waals surface area contributed by atoms with E-state index in [0.29, 0.717) is 0 Å². The largest absolute Gasteiger partial charge is 0.479 e. The molecule has 192 valence electrons. The maximum absolute atomic E-state index is 11.4. The smallest absolute Gasteiger partial charge is 0.335 e. The van der Waals surface area contributed by atoms with Crippen LogP contribution in [-0.4, -0.2) is 156 Å². The minimum absolute atomic E-state index is 0.709. The van der Waals surface area contributed by atoms with Gasteiger partial charge < -0.3 is 74.7 Å². The highest BCUT2D eigenvalue weighted by atomic mass is 16.8. The van der Waals surface area contributed by atoms with E-state index in [1.54, 1.807) is 0 Å². The lowest BCUT2D eigenvalue weighted by molar-refractivity contribution is -0.372. The number of aliphatic hydroxyl groups excluding tert-OH is 9. The second-order valence-corrected chi connectivity index (χ2v) is 7.88. The van der Waals surface area contributed by atoms with Gasteiger partial charge in [-0.25, -0.2) is 4.79 Å². The Morgan fingerprint density at radius 2 is 1.09 bits per heavy atom. The van der Waals surface area contributed by atoms with Gasteiger partial charge in [-0.1, -0.05) is 0 Å². The Labute approximate surface area is 185 Å². The highest BCUT2D eigenvalue weighted by molar-refractivity contribution is 5.73. The van der Waals surface area contributed by atoms with Crippen LogP contribution in [0.25, 0.3) is 0 Å². The third kappa shape index (κ3) is 5.14. The Hall–Kier alpha value is -1.09. The zero-order valence-electron chi connectivity index (χ0n) is 16.9. The summed E-state index contributed by atoms with van der Waals surface area (Å²) in [6.45, 7) is -1.50. The predicted octanol–water partition coefficient (Wildman–Crippen LogP) is -6.84. The molecule has 0 aliphatic carbocycles. The minimum atomic E-state index is -2.12. The molecule has 10 N–H and O–H groups in total. The molecule has 0 radical (unpaired) electrons. The fourth-order valence-electron chi connectivity index (χ4n) is 3.81. The number of hydrogen-bond acceptors (Lipinski definition) is 15. The van der Waals surface area contributed by atoms with Crippen LogP contribution in [0.4, 0.5) is 0 Å². The van der Waals surface area contributed by atoms with Gasteiger partial charge in [-0.2, -0.15) is 0 Å². The molecule has 3 aliphatic rings. The van der Waals surface area contributed by atoms with Crippen molar-refractivity contribution >= 4 is 5.97 Å². The van der Waals surface area contributed by atoms with E-state index in [9.17, 15) is 55.9 Å². The lowest BCUT2D eigenvalue weighted by Gasteiger charge is -2.46. The van der Waals surface area contributed by atoms with Crippen LogP contribution in [0.5, 0.6) is 0 Å². The van der Waals surface area contributed by atoms with Gasteiger partial charge in [0, 0.05) is 0 Å². The SMILES string of the molecule is O=C(O)C1OC(O)C(OC2OC(CO)C(O)C(O)C2O)C(OC2OC(CO)C(O)C2O)C1O. The van der Waals surface area contributed by atoms with Crippen LogP contribution in [0.2, 0.25) is 0 Å². The molecule has 0 aromatic carbocycles. The number of carboxylic acid groups (broad SMARTS) is 1. The number of ether oxygens (including phenoxy) is 5. The highest BCUT2D eigenvalue weighted by Gasteiger charge is 2.55. The number of aliphatic hydroxyl groups is 9. The van der Waals surface area contributed by atoms with Crippen molar-refractivity contribution in [3.05, 3.63) is 0 Å². The van der Waals surface area contributed by atoms with E-state index in [0.717, 1.165) is 0 Å². The molecule has 3 saturated heterocycles. The summed E-state index contributed by atoms with van der Waals surface area (Å²) in [5.41, 5.74) is 0. The van der Waals surface area contributed by atoms with Crippen molar-refractivity contribution in [1.82, 2.24) is 0 Å². The second-order valence-electron chi connectivity index (χ2n) is 7.88. The maximum atomic E-state index is 11.4. The normalized spacial score (nSPS) is 50.9. The third-order valence-corrected chi connectivity index (χ3v) is 5.71. The van der Waals surface area contributed by atoms with Crippen molar-refractivity contribution in [3.8, 4) is 0 Å². The molecule has 14 atom stereocenters. The van der Waals surface area contributed by atoms with Crippen molar-refractivity contribution in [2.45, 2.75) is 86.0 Å². The van der Waals surface area contributed by atoms with Crippen molar-refractivity contribution in [2.75, 3.05) is 13.2 Å². The van der Waals surface area contributed by atoms with Gasteiger partial charge in [-0.05, 0) is 0 Å². The van der Waals surface area contributed by atoms with Crippen molar-refractivity contribution in [1.29, 1.82) is 0 Å². The second kappa shape index (κ2) is 10.7. The lowest BCUT2D eigenvalue weighted by atomic mass is 9.97. The van der Waals surface area contributed by atoms with E-state index in [2.05, 4.69) is 0 Å². The topological polar surface area (TPSA) is 266 Å². The van der Waals surface area contributed by atoms with Crippen LogP contribution >= 0.6 is 0 Å². The van der Waals surface area contributed by atoms with Crippen molar-refractivity contribution in [3.63, 3.8) is 0 Å². The zero-order chi connectivity index (χ0) is 24.6. The van der Waals surface area contributed by atoms with Gasteiger partial charge in [0.2, 0.25) is 0 Å². The van der Waals surface area contributed by atoms with E-state index in [4.69, 9.17) is 23.7 Å². The fraction of sp³-hybridized carbons (Fsp3) is 0.941. The molecule has 3 aliphatic heterocycles. The molecular weight excluding hydrogens is 460 g/mol. The summed E-state index contributed by atoms with van der Waals surface area (Å²) in [6, 6.07) is 0. The number of aliphatic carboxylic acids is 1. The Balaban J connectivity index is 1.83. The average Bonchev–Trinajstić information content (AvgIpc) is 3.05. The van der Waals surface area contributed by atoms with Gasteiger partial charge in [-0.3, -0.25) is 0 Å².